The van der Waals surface area contributed by atoms with E-state index in [1.165, 1.54) is 11.6 Å². The smallest absolute Gasteiger partial charge is 0.347 e. The Kier molecular flexibility index (Phi) is 4.51. The van der Waals surface area contributed by atoms with Crippen LogP contribution in [0.1, 0.15) is 30.2 Å². The lowest BCUT2D eigenvalue weighted by atomic mass is 10.1. The number of nitrogens with zero attached hydrogens (tertiary/aromatic N) is 2. The first-order valence-electron chi connectivity index (χ1n) is 6.54. The Morgan fingerprint density at radius 2 is 2.00 bits per heavy atom. The zero-order valence-corrected chi connectivity index (χ0v) is 11.3. The van der Waals surface area contributed by atoms with Crippen molar-refractivity contribution in [1.29, 1.82) is 5.26 Å². The van der Waals surface area contributed by atoms with Gasteiger partial charge in [0, 0.05) is 12.6 Å². The Bertz CT molecular complexity index is 668. The fourth-order valence-electron chi connectivity index (χ4n) is 1.91. The van der Waals surface area contributed by atoms with Crippen molar-refractivity contribution < 1.29 is 0 Å². The molecule has 0 bridgehead atoms. The van der Waals surface area contributed by atoms with E-state index in [0.29, 0.717) is 12.4 Å². The van der Waals surface area contributed by atoms with Crippen LogP contribution in [0, 0.1) is 11.3 Å². The number of benzene rings is 1. The first kappa shape index (κ1) is 13.8. The monoisotopic (exact) mass is 268 g/mol. The molecular weight excluding hydrogens is 252 g/mol. The topological polar surface area (TPSA) is 81.6 Å². The lowest BCUT2D eigenvalue weighted by molar-refractivity contribution is 0.920. The molecule has 2 aromatic rings. The normalized spacial score (nSPS) is 10.0. The SMILES string of the molecule is CCCc1ccc(CNc2cc(C#N)[nH]c(=O)n2)cc1. The maximum atomic E-state index is 11.2. The van der Waals surface area contributed by atoms with Crippen LogP contribution in [-0.2, 0) is 13.0 Å². The summed E-state index contributed by atoms with van der Waals surface area (Å²) >= 11 is 0. The van der Waals surface area contributed by atoms with Gasteiger partial charge in [-0.2, -0.15) is 10.2 Å². The molecule has 5 heteroatoms. The minimum absolute atomic E-state index is 0.200. The number of hydrogen-bond donors (Lipinski definition) is 2. The maximum absolute atomic E-state index is 11.2. The highest BCUT2D eigenvalue weighted by atomic mass is 16.1. The molecule has 2 rings (SSSR count). The lowest BCUT2D eigenvalue weighted by Gasteiger charge is -2.06. The predicted molar refractivity (Wildman–Crippen MR) is 77.3 cm³/mol. The molecule has 0 aliphatic heterocycles. The highest BCUT2D eigenvalue weighted by Gasteiger charge is 2.00. The van der Waals surface area contributed by atoms with Gasteiger partial charge < -0.3 is 5.32 Å². The van der Waals surface area contributed by atoms with E-state index in [4.69, 9.17) is 5.26 Å². The minimum atomic E-state index is -0.523. The molecule has 0 saturated carbocycles. The van der Waals surface area contributed by atoms with Gasteiger partial charge in [0.05, 0.1) is 0 Å². The molecule has 20 heavy (non-hydrogen) atoms. The third-order valence-electron chi connectivity index (χ3n) is 2.90. The largest absolute Gasteiger partial charge is 0.366 e. The second-order valence-corrected chi connectivity index (χ2v) is 4.52. The average Bonchev–Trinajstić information content (AvgIpc) is 2.46. The van der Waals surface area contributed by atoms with E-state index >= 15 is 0 Å². The third-order valence-corrected chi connectivity index (χ3v) is 2.90. The Morgan fingerprint density at radius 1 is 1.30 bits per heavy atom. The molecule has 0 amide bonds. The van der Waals surface area contributed by atoms with Gasteiger partial charge in [0.2, 0.25) is 0 Å². The molecule has 1 aromatic carbocycles. The van der Waals surface area contributed by atoms with Crippen molar-refractivity contribution in [3.05, 3.63) is 57.6 Å². The van der Waals surface area contributed by atoms with Gasteiger partial charge in [0.15, 0.2) is 0 Å². The number of rotatable bonds is 5. The fourth-order valence-corrected chi connectivity index (χ4v) is 1.91. The molecule has 0 fully saturated rings. The van der Waals surface area contributed by atoms with E-state index in [1.54, 1.807) is 0 Å². The van der Waals surface area contributed by atoms with Crippen molar-refractivity contribution in [2.24, 2.45) is 0 Å². The average molecular weight is 268 g/mol. The molecule has 0 spiro atoms. The maximum Gasteiger partial charge on any atom is 0.347 e. The predicted octanol–water partition coefficient (Wildman–Crippen LogP) is 2.21. The molecule has 0 aliphatic rings. The van der Waals surface area contributed by atoms with Crippen LogP contribution in [0.3, 0.4) is 0 Å². The molecule has 1 aromatic heterocycles. The molecule has 0 saturated heterocycles. The number of aromatic nitrogens is 2. The van der Waals surface area contributed by atoms with Crippen LogP contribution in [0.25, 0.3) is 0 Å². The van der Waals surface area contributed by atoms with Crippen LogP contribution in [-0.4, -0.2) is 9.97 Å². The molecule has 0 unspecified atom stereocenters. The number of anilines is 1. The highest BCUT2D eigenvalue weighted by molar-refractivity contribution is 5.39. The number of nitrogens with one attached hydrogen (secondary N) is 2. The van der Waals surface area contributed by atoms with Gasteiger partial charge in [-0.3, -0.25) is 4.98 Å². The number of aryl methyl sites for hydroxylation is 1. The number of aromatic amines is 1. The first-order chi connectivity index (χ1) is 9.71. The second kappa shape index (κ2) is 6.53. The standard InChI is InChI=1S/C15H16N4O/c1-2-3-11-4-6-12(7-5-11)10-17-14-8-13(9-16)18-15(20)19-14/h4-8H,2-3,10H2,1H3,(H2,17,18,19,20). The van der Waals surface area contributed by atoms with Crippen LogP contribution < -0.4 is 11.0 Å². The summed E-state index contributed by atoms with van der Waals surface area (Å²) in [7, 11) is 0. The molecule has 1 heterocycles. The summed E-state index contributed by atoms with van der Waals surface area (Å²) in [6.07, 6.45) is 2.21. The quantitative estimate of drug-likeness (QED) is 0.871. The van der Waals surface area contributed by atoms with Gasteiger partial charge in [0.25, 0.3) is 0 Å². The van der Waals surface area contributed by atoms with Crippen molar-refractivity contribution >= 4 is 5.82 Å². The Balaban J connectivity index is 2.03. The van der Waals surface area contributed by atoms with Gasteiger partial charge in [-0.15, -0.1) is 0 Å². The van der Waals surface area contributed by atoms with E-state index in [0.717, 1.165) is 18.4 Å². The van der Waals surface area contributed by atoms with Gasteiger partial charge in [-0.1, -0.05) is 37.6 Å². The van der Waals surface area contributed by atoms with Gasteiger partial charge >= 0.3 is 5.69 Å². The summed E-state index contributed by atoms with van der Waals surface area (Å²) in [4.78, 5) is 17.4. The van der Waals surface area contributed by atoms with Crippen molar-refractivity contribution in [2.75, 3.05) is 5.32 Å². The van der Waals surface area contributed by atoms with Gasteiger partial charge in [-0.05, 0) is 17.5 Å². The summed E-state index contributed by atoms with van der Waals surface area (Å²) in [6, 6.07) is 11.7. The third kappa shape index (κ3) is 3.69. The molecular formula is C15H16N4O. The number of nitriles is 1. The number of H-pyrrole nitrogens is 1. The summed E-state index contributed by atoms with van der Waals surface area (Å²) in [5.41, 5.74) is 2.10. The van der Waals surface area contributed by atoms with Crippen LogP contribution in [0.15, 0.2) is 35.1 Å². The molecule has 5 nitrogen and oxygen atoms in total. The number of hydrogen-bond acceptors (Lipinski definition) is 4. The Labute approximate surface area is 117 Å². The van der Waals surface area contributed by atoms with Crippen molar-refractivity contribution in [2.45, 2.75) is 26.3 Å². The Morgan fingerprint density at radius 3 is 2.65 bits per heavy atom. The Hall–Kier alpha value is -2.61. The van der Waals surface area contributed by atoms with Crippen molar-refractivity contribution in [1.82, 2.24) is 9.97 Å². The zero-order valence-electron chi connectivity index (χ0n) is 11.3. The van der Waals surface area contributed by atoms with E-state index in [9.17, 15) is 4.79 Å². The van der Waals surface area contributed by atoms with Crippen molar-refractivity contribution in [3.8, 4) is 6.07 Å². The van der Waals surface area contributed by atoms with Crippen molar-refractivity contribution in [3.63, 3.8) is 0 Å². The molecule has 0 atom stereocenters. The minimum Gasteiger partial charge on any atom is -0.366 e. The zero-order chi connectivity index (χ0) is 14.4. The lowest BCUT2D eigenvalue weighted by Crippen LogP contribution is -2.14. The molecule has 0 radical (unpaired) electrons. The van der Waals surface area contributed by atoms with E-state index in [2.05, 4.69) is 46.5 Å². The summed E-state index contributed by atoms with van der Waals surface area (Å²) in [5, 5.41) is 11.8. The summed E-state index contributed by atoms with van der Waals surface area (Å²) < 4.78 is 0. The van der Waals surface area contributed by atoms with Crippen LogP contribution >= 0.6 is 0 Å². The van der Waals surface area contributed by atoms with Crippen LogP contribution in [0.2, 0.25) is 0 Å². The van der Waals surface area contributed by atoms with E-state index in [-0.39, 0.29) is 5.69 Å². The second-order valence-electron chi connectivity index (χ2n) is 4.52. The highest BCUT2D eigenvalue weighted by Crippen LogP contribution is 2.09. The molecule has 102 valence electrons. The van der Waals surface area contributed by atoms with Gasteiger partial charge in [0.1, 0.15) is 17.6 Å². The summed E-state index contributed by atoms with van der Waals surface area (Å²) in [6.45, 7) is 2.72. The first-order valence-corrected chi connectivity index (χ1v) is 6.54. The summed E-state index contributed by atoms with van der Waals surface area (Å²) in [5.74, 6) is 0.405. The van der Waals surface area contributed by atoms with E-state index in [1.807, 2.05) is 6.07 Å². The fraction of sp³-hybridized carbons (Fsp3) is 0.267. The van der Waals surface area contributed by atoms with Crippen LogP contribution in [0.4, 0.5) is 5.82 Å². The molecule has 0 aliphatic carbocycles. The van der Waals surface area contributed by atoms with Gasteiger partial charge in [-0.25, -0.2) is 4.79 Å². The molecule has 2 N–H and O–H groups in total. The van der Waals surface area contributed by atoms with E-state index < -0.39 is 5.69 Å². The van der Waals surface area contributed by atoms with Crippen LogP contribution in [0.5, 0.6) is 0 Å².